The van der Waals surface area contributed by atoms with Crippen LogP contribution in [0.1, 0.15) is 0 Å². The van der Waals surface area contributed by atoms with Crippen LogP contribution < -0.4 is 4.90 Å². The average molecular weight is 639 g/mol. The van der Waals surface area contributed by atoms with E-state index < -0.39 is 0 Å². The van der Waals surface area contributed by atoms with E-state index in [1.807, 2.05) is 0 Å². The van der Waals surface area contributed by atoms with Crippen LogP contribution >= 0.6 is 0 Å². The van der Waals surface area contributed by atoms with Crippen molar-refractivity contribution in [3.05, 3.63) is 206 Å². The van der Waals surface area contributed by atoms with Crippen LogP contribution in [0, 0.1) is 0 Å². The molecule has 0 unspecified atom stereocenters. The van der Waals surface area contributed by atoms with E-state index in [0.717, 1.165) is 28.3 Å². The number of hydrogen-bond acceptors (Lipinski definition) is 1. The molecule has 9 aromatic rings. The number of benzene rings is 8. The second-order valence-electron chi connectivity index (χ2n) is 12.6. The minimum Gasteiger partial charge on any atom is -0.310 e. The molecule has 0 bridgehead atoms. The molecule has 0 spiro atoms. The first-order chi connectivity index (χ1) is 24.8. The van der Waals surface area contributed by atoms with E-state index >= 15 is 0 Å². The van der Waals surface area contributed by atoms with E-state index in [9.17, 15) is 0 Å². The lowest BCUT2D eigenvalue weighted by Gasteiger charge is -2.26. The molecule has 1 aromatic heterocycles. The van der Waals surface area contributed by atoms with E-state index in [2.05, 4.69) is 216 Å². The smallest absolute Gasteiger partial charge is 0.0562 e. The van der Waals surface area contributed by atoms with Gasteiger partial charge in [-0.05, 0) is 88.0 Å². The third kappa shape index (κ3) is 5.34. The largest absolute Gasteiger partial charge is 0.310 e. The van der Waals surface area contributed by atoms with Gasteiger partial charge in [-0.2, -0.15) is 0 Å². The predicted molar refractivity (Wildman–Crippen MR) is 212 cm³/mol. The molecule has 0 fully saturated rings. The molecule has 2 heteroatoms. The quantitative estimate of drug-likeness (QED) is 0.169. The second kappa shape index (κ2) is 12.8. The maximum absolute atomic E-state index is 2.42. The van der Waals surface area contributed by atoms with Crippen molar-refractivity contribution >= 4 is 38.9 Å². The second-order valence-corrected chi connectivity index (χ2v) is 12.6. The van der Waals surface area contributed by atoms with Gasteiger partial charge in [-0.3, -0.25) is 0 Å². The van der Waals surface area contributed by atoms with Gasteiger partial charge in [0.25, 0.3) is 0 Å². The summed E-state index contributed by atoms with van der Waals surface area (Å²) < 4.78 is 2.42. The van der Waals surface area contributed by atoms with Crippen LogP contribution in [0.4, 0.5) is 17.1 Å². The topological polar surface area (TPSA) is 8.17 Å². The first-order valence-corrected chi connectivity index (χ1v) is 17.1. The van der Waals surface area contributed by atoms with Crippen molar-refractivity contribution in [1.29, 1.82) is 0 Å². The van der Waals surface area contributed by atoms with Crippen molar-refractivity contribution in [2.24, 2.45) is 0 Å². The van der Waals surface area contributed by atoms with Crippen molar-refractivity contribution < 1.29 is 0 Å². The number of rotatable bonds is 7. The highest BCUT2D eigenvalue weighted by Gasteiger charge is 2.20. The van der Waals surface area contributed by atoms with Crippen molar-refractivity contribution in [3.8, 4) is 39.1 Å². The monoisotopic (exact) mass is 638 g/mol. The first kappa shape index (κ1) is 29.5. The molecule has 9 rings (SSSR count). The van der Waals surface area contributed by atoms with Crippen LogP contribution in [0.3, 0.4) is 0 Å². The number of para-hydroxylation sites is 2. The number of hydrogen-bond donors (Lipinski definition) is 0. The lowest BCUT2D eigenvalue weighted by atomic mass is 9.97. The molecule has 0 saturated carbocycles. The Bertz CT molecular complexity index is 2550. The lowest BCUT2D eigenvalue weighted by molar-refractivity contribution is 1.18. The van der Waals surface area contributed by atoms with Crippen LogP contribution in [0.2, 0.25) is 0 Å². The molecule has 0 amide bonds. The molecule has 8 aromatic carbocycles. The van der Waals surface area contributed by atoms with E-state index in [4.69, 9.17) is 0 Å². The summed E-state index contributed by atoms with van der Waals surface area (Å²) in [6.07, 6.45) is 0. The molecule has 50 heavy (non-hydrogen) atoms. The molecule has 0 aliphatic heterocycles. The average Bonchev–Trinajstić information content (AvgIpc) is 3.53. The Morgan fingerprint density at radius 3 is 1.54 bits per heavy atom. The Morgan fingerprint density at radius 2 is 0.840 bits per heavy atom. The molecule has 0 atom stereocenters. The van der Waals surface area contributed by atoms with Gasteiger partial charge in [-0.25, -0.2) is 0 Å². The Balaban J connectivity index is 1.25. The summed E-state index contributed by atoms with van der Waals surface area (Å²) in [6.45, 7) is 0. The lowest BCUT2D eigenvalue weighted by Crippen LogP contribution is -2.10. The summed E-state index contributed by atoms with van der Waals surface area (Å²) in [7, 11) is 0. The van der Waals surface area contributed by atoms with E-state index in [1.54, 1.807) is 0 Å². The number of aromatic nitrogens is 1. The van der Waals surface area contributed by atoms with Crippen molar-refractivity contribution in [2.45, 2.75) is 0 Å². The highest BCUT2D eigenvalue weighted by Crippen LogP contribution is 2.43. The molecule has 0 radical (unpaired) electrons. The highest BCUT2D eigenvalue weighted by molar-refractivity contribution is 6.16. The van der Waals surface area contributed by atoms with Crippen LogP contribution in [0.15, 0.2) is 206 Å². The maximum Gasteiger partial charge on any atom is 0.0562 e. The van der Waals surface area contributed by atoms with Gasteiger partial charge in [-0.15, -0.1) is 0 Å². The fourth-order valence-corrected chi connectivity index (χ4v) is 7.24. The molecule has 1 heterocycles. The Kier molecular flexibility index (Phi) is 7.53. The van der Waals surface area contributed by atoms with Gasteiger partial charge in [0.2, 0.25) is 0 Å². The summed E-state index contributed by atoms with van der Waals surface area (Å²) in [5.74, 6) is 0. The molecule has 0 N–H and O–H groups in total. The molecular formula is C48H34N2. The molecule has 2 nitrogen and oxygen atoms in total. The summed E-state index contributed by atoms with van der Waals surface area (Å²) in [5.41, 5.74) is 14.1. The van der Waals surface area contributed by atoms with Gasteiger partial charge in [-0.1, -0.05) is 152 Å². The summed E-state index contributed by atoms with van der Waals surface area (Å²) in [4.78, 5) is 2.36. The third-order valence-corrected chi connectivity index (χ3v) is 9.58. The fraction of sp³-hybridized carbons (Fsp3) is 0. The minimum absolute atomic E-state index is 1.10. The molecule has 236 valence electrons. The van der Waals surface area contributed by atoms with Crippen LogP contribution in [-0.4, -0.2) is 4.57 Å². The SMILES string of the molecule is c1ccc(-c2ccc(-c3cccc4c3c3ccc(N(c5ccccc5)c5cccc(-c6ccccc6)c5)cc3n4-c3ccccc3)cc2)cc1. The molecular weight excluding hydrogens is 605 g/mol. The summed E-state index contributed by atoms with van der Waals surface area (Å²) in [6, 6.07) is 74.0. The number of fused-ring (bicyclic) bond motifs is 3. The zero-order valence-corrected chi connectivity index (χ0v) is 27.5. The van der Waals surface area contributed by atoms with Gasteiger partial charge >= 0.3 is 0 Å². The van der Waals surface area contributed by atoms with Crippen molar-refractivity contribution in [1.82, 2.24) is 4.57 Å². The Labute approximate surface area is 292 Å². The molecule has 0 aliphatic rings. The highest BCUT2D eigenvalue weighted by atomic mass is 15.1. The Morgan fingerprint density at radius 1 is 0.320 bits per heavy atom. The standard InChI is InChI=1S/C48H34N2/c1-5-15-35(16-6-1)37-27-29-38(30-28-37)44-25-14-26-46-48(44)45-32-31-43(34-47(45)50(46)41-22-11-4-12-23-41)49(40-20-9-3-10-21-40)42-24-13-19-39(33-42)36-17-7-2-8-18-36/h1-34H. The Hall–Kier alpha value is -6.64. The predicted octanol–water partition coefficient (Wildman–Crippen LogP) is 13.3. The number of nitrogens with zero attached hydrogens (tertiary/aromatic N) is 2. The van der Waals surface area contributed by atoms with Crippen molar-refractivity contribution in [2.75, 3.05) is 4.90 Å². The van der Waals surface area contributed by atoms with Crippen LogP contribution in [0.5, 0.6) is 0 Å². The van der Waals surface area contributed by atoms with E-state index in [1.165, 1.54) is 49.7 Å². The van der Waals surface area contributed by atoms with Gasteiger partial charge in [0.15, 0.2) is 0 Å². The normalized spacial score (nSPS) is 11.2. The van der Waals surface area contributed by atoms with Gasteiger partial charge in [0.1, 0.15) is 0 Å². The van der Waals surface area contributed by atoms with Crippen LogP contribution in [-0.2, 0) is 0 Å². The minimum atomic E-state index is 1.10. The van der Waals surface area contributed by atoms with Crippen LogP contribution in [0.25, 0.3) is 60.9 Å². The molecule has 0 aliphatic carbocycles. The number of anilines is 3. The van der Waals surface area contributed by atoms with E-state index in [0.29, 0.717) is 0 Å². The first-order valence-electron chi connectivity index (χ1n) is 17.1. The summed E-state index contributed by atoms with van der Waals surface area (Å²) in [5, 5.41) is 2.48. The summed E-state index contributed by atoms with van der Waals surface area (Å²) >= 11 is 0. The van der Waals surface area contributed by atoms with Gasteiger partial charge in [0, 0.05) is 33.5 Å². The zero-order valence-electron chi connectivity index (χ0n) is 27.5. The maximum atomic E-state index is 2.42. The molecule has 0 saturated heterocycles. The third-order valence-electron chi connectivity index (χ3n) is 9.58. The fourth-order valence-electron chi connectivity index (χ4n) is 7.24. The van der Waals surface area contributed by atoms with Gasteiger partial charge < -0.3 is 9.47 Å². The van der Waals surface area contributed by atoms with E-state index in [-0.39, 0.29) is 0 Å². The van der Waals surface area contributed by atoms with Gasteiger partial charge in [0.05, 0.1) is 11.0 Å². The van der Waals surface area contributed by atoms with Crippen molar-refractivity contribution in [3.63, 3.8) is 0 Å². The zero-order chi connectivity index (χ0) is 33.3.